The van der Waals surface area contributed by atoms with E-state index in [-0.39, 0.29) is 21.6 Å². The molecule has 2 atom stereocenters. The first-order valence-electron chi connectivity index (χ1n) is 8.47. The second-order valence-corrected chi connectivity index (χ2v) is 9.95. The summed E-state index contributed by atoms with van der Waals surface area (Å²) in [5.74, 6) is 0.129. The van der Waals surface area contributed by atoms with Gasteiger partial charge in [0.15, 0.2) is 0 Å². The van der Waals surface area contributed by atoms with Crippen molar-refractivity contribution in [3.8, 4) is 0 Å². The van der Waals surface area contributed by atoms with Crippen molar-refractivity contribution in [3.05, 3.63) is 24.3 Å². The van der Waals surface area contributed by atoms with Crippen molar-refractivity contribution in [1.82, 2.24) is 4.31 Å². The molecule has 1 aromatic carbocycles. The van der Waals surface area contributed by atoms with E-state index in [0.717, 1.165) is 6.42 Å². The van der Waals surface area contributed by atoms with Crippen molar-refractivity contribution >= 4 is 21.6 Å². The molecule has 6 nitrogen and oxygen atoms in total. The summed E-state index contributed by atoms with van der Waals surface area (Å²) < 4.78 is 33.1. The van der Waals surface area contributed by atoms with Crippen molar-refractivity contribution in [2.75, 3.05) is 32.1 Å². The summed E-state index contributed by atoms with van der Waals surface area (Å²) in [6, 6.07) is 6.34. The highest BCUT2D eigenvalue weighted by Crippen LogP contribution is 2.63. The van der Waals surface area contributed by atoms with E-state index in [1.165, 1.54) is 6.92 Å². The number of sulfonamides is 1. The van der Waals surface area contributed by atoms with Gasteiger partial charge in [0.2, 0.25) is 15.9 Å². The number of benzene rings is 1. The van der Waals surface area contributed by atoms with E-state index in [4.69, 9.17) is 4.74 Å². The quantitative estimate of drug-likeness (QED) is 0.868. The fourth-order valence-corrected chi connectivity index (χ4v) is 6.36. The Bertz CT molecular complexity index is 773. The highest BCUT2D eigenvalue weighted by Gasteiger charge is 2.64. The molecule has 2 aliphatic rings. The van der Waals surface area contributed by atoms with Crippen molar-refractivity contribution in [1.29, 1.82) is 0 Å². The summed E-state index contributed by atoms with van der Waals surface area (Å²) in [7, 11) is -1.88. The normalized spacial score (nSPS) is 28.2. The zero-order valence-electron chi connectivity index (χ0n) is 15.2. The van der Waals surface area contributed by atoms with E-state index in [1.54, 1.807) is 35.7 Å². The van der Waals surface area contributed by atoms with Crippen molar-refractivity contribution in [3.63, 3.8) is 0 Å². The Balaban J connectivity index is 1.82. The van der Waals surface area contributed by atoms with E-state index in [9.17, 15) is 13.2 Å². The van der Waals surface area contributed by atoms with Crippen LogP contribution in [0.25, 0.3) is 0 Å². The first-order valence-corrected chi connectivity index (χ1v) is 9.91. The molecule has 0 bridgehead atoms. The van der Waals surface area contributed by atoms with E-state index in [2.05, 4.69) is 19.2 Å². The van der Waals surface area contributed by atoms with Crippen LogP contribution in [0.1, 0.15) is 27.2 Å². The van der Waals surface area contributed by atoms with Crippen LogP contribution in [0, 0.1) is 16.7 Å². The molecule has 0 aromatic heterocycles. The molecule has 1 N–H and O–H groups in total. The molecule has 1 aromatic rings. The molecule has 1 amide bonds. The number of carbonyl (C=O) groups excluding carboxylic acids is 1. The Morgan fingerprint density at radius 1 is 1.32 bits per heavy atom. The summed E-state index contributed by atoms with van der Waals surface area (Å²) in [6.07, 6.45) is 0.978. The molecule has 0 radical (unpaired) electrons. The Kier molecular flexibility index (Phi) is 4.46. The fourth-order valence-electron chi connectivity index (χ4n) is 4.81. The van der Waals surface area contributed by atoms with Gasteiger partial charge in [0.05, 0.1) is 11.5 Å². The van der Waals surface area contributed by atoms with Gasteiger partial charge in [-0.25, -0.2) is 8.42 Å². The van der Waals surface area contributed by atoms with Crippen LogP contribution in [-0.2, 0) is 19.6 Å². The third kappa shape index (κ3) is 3.09. The fraction of sp³-hybridized carbons (Fsp3) is 0.611. The molecule has 3 rings (SSSR count). The molecule has 2 fully saturated rings. The van der Waals surface area contributed by atoms with Crippen LogP contribution >= 0.6 is 0 Å². The number of carbonyl (C=O) groups is 1. The van der Waals surface area contributed by atoms with Crippen LogP contribution in [0.2, 0.25) is 0 Å². The van der Waals surface area contributed by atoms with Crippen molar-refractivity contribution in [2.45, 2.75) is 32.1 Å². The average Bonchev–Trinajstić information content (AvgIpc) is 2.83. The number of hydrogen-bond acceptors (Lipinski definition) is 4. The van der Waals surface area contributed by atoms with Crippen LogP contribution in [0.4, 0.5) is 5.69 Å². The molecule has 1 aliphatic carbocycles. The lowest BCUT2D eigenvalue weighted by Gasteiger charge is -2.56. The number of anilines is 1. The van der Waals surface area contributed by atoms with Crippen LogP contribution in [0.15, 0.2) is 29.2 Å². The molecule has 25 heavy (non-hydrogen) atoms. The minimum Gasteiger partial charge on any atom is -0.384 e. The summed E-state index contributed by atoms with van der Waals surface area (Å²) in [4.78, 5) is 11.3. The maximum absolute atomic E-state index is 13.0. The van der Waals surface area contributed by atoms with Gasteiger partial charge in [0.25, 0.3) is 0 Å². The van der Waals surface area contributed by atoms with Gasteiger partial charge < -0.3 is 10.1 Å². The summed E-state index contributed by atoms with van der Waals surface area (Å²) in [6.45, 7) is 7.45. The first-order chi connectivity index (χ1) is 11.6. The van der Waals surface area contributed by atoms with E-state index >= 15 is 0 Å². The minimum absolute atomic E-state index is 0.0680. The maximum Gasteiger partial charge on any atom is 0.243 e. The van der Waals surface area contributed by atoms with E-state index < -0.39 is 10.0 Å². The van der Waals surface area contributed by atoms with Gasteiger partial charge in [-0.2, -0.15) is 4.31 Å². The lowest BCUT2D eigenvalue weighted by Crippen LogP contribution is -2.55. The van der Waals surface area contributed by atoms with E-state index in [0.29, 0.717) is 31.3 Å². The molecule has 1 aliphatic heterocycles. The van der Waals surface area contributed by atoms with Crippen molar-refractivity contribution < 1.29 is 17.9 Å². The molecule has 7 heteroatoms. The van der Waals surface area contributed by atoms with Gasteiger partial charge in [0.1, 0.15) is 0 Å². The number of nitrogens with zero attached hydrogens (tertiary/aromatic N) is 1. The van der Waals surface area contributed by atoms with Crippen LogP contribution in [0.5, 0.6) is 0 Å². The number of amides is 1. The molecule has 1 saturated carbocycles. The molecular formula is C18H26N2O4S. The van der Waals surface area contributed by atoms with Crippen LogP contribution < -0.4 is 5.32 Å². The molecule has 138 valence electrons. The highest BCUT2D eigenvalue weighted by atomic mass is 32.2. The zero-order chi connectivity index (χ0) is 18.5. The predicted molar refractivity (Wildman–Crippen MR) is 95.7 cm³/mol. The molecule has 0 unspecified atom stereocenters. The molecule has 1 saturated heterocycles. The lowest BCUT2D eigenvalue weighted by atomic mass is 9.48. The van der Waals surface area contributed by atoms with Gasteiger partial charge >= 0.3 is 0 Å². The van der Waals surface area contributed by atoms with E-state index in [1.807, 2.05) is 0 Å². The van der Waals surface area contributed by atoms with Gasteiger partial charge in [-0.1, -0.05) is 13.8 Å². The predicted octanol–water partition coefficient (Wildman–Crippen LogP) is 2.33. The smallest absolute Gasteiger partial charge is 0.243 e. The van der Waals surface area contributed by atoms with Crippen molar-refractivity contribution in [2.24, 2.45) is 16.7 Å². The summed E-state index contributed by atoms with van der Waals surface area (Å²) in [5.41, 5.74) is 0.657. The monoisotopic (exact) mass is 366 g/mol. The lowest BCUT2D eigenvalue weighted by molar-refractivity contribution is -0.114. The van der Waals surface area contributed by atoms with Gasteiger partial charge in [-0.15, -0.1) is 0 Å². The second kappa shape index (κ2) is 6.07. The number of fused-ring (bicyclic) bond motifs is 1. The number of ether oxygens (including phenoxy) is 1. The largest absolute Gasteiger partial charge is 0.384 e. The number of rotatable bonds is 5. The van der Waals surface area contributed by atoms with Crippen LogP contribution in [0.3, 0.4) is 0 Å². The molecular weight excluding hydrogens is 340 g/mol. The number of hydrogen-bond donors (Lipinski definition) is 1. The topological polar surface area (TPSA) is 75.7 Å². The van der Waals surface area contributed by atoms with Gasteiger partial charge in [0, 0.05) is 38.2 Å². The Morgan fingerprint density at radius 3 is 2.48 bits per heavy atom. The van der Waals surface area contributed by atoms with Gasteiger partial charge in [-0.3, -0.25) is 4.79 Å². The zero-order valence-corrected chi connectivity index (χ0v) is 16.0. The van der Waals surface area contributed by atoms with Crippen LogP contribution in [-0.4, -0.2) is 45.4 Å². The Labute approximate surface area is 149 Å². The first kappa shape index (κ1) is 18.4. The maximum atomic E-state index is 13.0. The number of methoxy groups -OCH3 is 1. The SMILES string of the molecule is COC[C@@]12CN(S(=O)(=O)c3ccc(NC(C)=O)cc3)C[C@@H]1C(C)(C)C2. The number of nitrogens with one attached hydrogen (secondary N) is 1. The third-order valence-corrected chi connectivity index (χ3v) is 7.44. The second-order valence-electron chi connectivity index (χ2n) is 8.02. The average molecular weight is 366 g/mol. The van der Waals surface area contributed by atoms with Gasteiger partial charge in [-0.05, 0) is 42.0 Å². The Morgan fingerprint density at radius 2 is 1.96 bits per heavy atom. The minimum atomic E-state index is -3.55. The summed E-state index contributed by atoms with van der Waals surface area (Å²) >= 11 is 0. The third-order valence-electron chi connectivity index (χ3n) is 5.61. The Hall–Kier alpha value is -1.44. The highest BCUT2D eigenvalue weighted by molar-refractivity contribution is 7.89. The summed E-state index contributed by atoms with van der Waals surface area (Å²) in [5, 5.41) is 2.65. The standard InChI is InChI=1S/C18H26N2O4S/c1-13(21)19-14-5-7-15(8-6-14)25(22,23)20-9-16-17(2,3)10-18(16,11-20)12-24-4/h5-8,16H,9-12H2,1-4H3,(H,19,21)/t16-,18-/m1/s1. The molecule has 0 spiro atoms. The molecule has 1 heterocycles.